The van der Waals surface area contributed by atoms with Gasteiger partial charge in [0.25, 0.3) is 0 Å². The summed E-state index contributed by atoms with van der Waals surface area (Å²) in [5, 5.41) is 2.98. The third kappa shape index (κ3) is 6.72. The number of rotatable bonds is 4. The van der Waals surface area contributed by atoms with Crippen LogP contribution in [0.15, 0.2) is 0 Å². The first-order chi connectivity index (χ1) is 11.7. The molecule has 3 amide bonds. The fourth-order valence-electron chi connectivity index (χ4n) is 3.32. The summed E-state index contributed by atoms with van der Waals surface area (Å²) in [5.74, 6) is 0.278. The van der Waals surface area contributed by atoms with Gasteiger partial charge in [-0.2, -0.15) is 0 Å². The van der Waals surface area contributed by atoms with Gasteiger partial charge in [0.05, 0.1) is 6.10 Å². The molecule has 0 bridgehead atoms. The summed E-state index contributed by atoms with van der Waals surface area (Å²) < 4.78 is 10.9. The number of nitrogens with one attached hydrogen (secondary N) is 1. The lowest BCUT2D eigenvalue weighted by Crippen LogP contribution is -2.49. The molecule has 2 saturated heterocycles. The Bertz CT molecular complexity index is 458. The van der Waals surface area contributed by atoms with Crippen LogP contribution in [0.1, 0.15) is 46.5 Å². The largest absolute Gasteiger partial charge is 0.444 e. The van der Waals surface area contributed by atoms with E-state index in [1.807, 2.05) is 25.7 Å². The number of amides is 3. The van der Waals surface area contributed by atoms with Crippen molar-refractivity contribution in [2.75, 3.05) is 39.8 Å². The molecule has 2 rings (SSSR count). The highest BCUT2D eigenvalue weighted by molar-refractivity contribution is 5.74. The minimum absolute atomic E-state index is 0.0277. The summed E-state index contributed by atoms with van der Waals surface area (Å²) >= 11 is 0. The highest BCUT2D eigenvalue weighted by Crippen LogP contribution is 2.19. The molecule has 2 unspecified atom stereocenters. The number of hydrogen-bond acceptors (Lipinski definition) is 4. The van der Waals surface area contributed by atoms with Gasteiger partial charge in [-0.15, -0.1) is 0 Å². The standard InChI is InChI=1S/C18H33N3O4/c1-18(2,3)25-17(23)20(4)12-14-7-5-9-21(13-14)16(22)19-11-15-8-6-10-24-15/h14-15H,5-13H2,1-4H3,(H,19,22). The summed E-state index contributed by atoms with van der Waals surface area (Å²) in [5.41, 5.74) is -0.494. The first kappa shape index (κ1) is 19.8. The molecule has 0 saturated carbocycles. The zero-order chi connectivity index (χ0) is 18.4. The van der Waals surface area contributed by atoms with Crippen LogP contribution in [0.4, 0.5) is 9.59 Å². The maximum Gasteiger partial charge on any atom is 0.410 e. The van der Waals surface area contributed by atoms with Gasteiger partial charge in [0, 0.05) is 39.8 Å². The summed E-state index contributed by atoms with van der Waals surface area (Å²) in [6, 6.07) is -0.0277. The van der Waals surface area contributed by atoms with Crippen molar-refractivity contribution in [1.29, 1.82) is 0 Å². The van der Waals surface area contributed by atoms with E-state index >= 15 is 0 Å². The van der Waals surface area contributed by atoms with E-state index < -0.39 is 5.60 Å². The molecule has 2 fully saturated rings. The van der Waals surface area contributed by atoms with Crippen molar-refractivity contribution >= 4 is 12.1 Å². The molecule has 25 heavy (non-hydrogen) atoms. The van der Waals surface area contributed by atoms with Gasteiger partial charge >= 0.3 is 12.1 Å². The Morgan fingerprint density at radius 3 is 2.68 bits per heavy atom. The Morgan fingerprint density at radius 1 is 1.28 bits per heavy atom. The SMILES string of the molecule is CN(CC1CCCN(C(=O)NCC2CCCO2)C1)C(=O)OC(C)(C)C. The Labute approximate surface area is 151 Å². The number of nitrogens with zero attached hydrogens (tertiary/aromatic N) is 2. The lowest BCUT2D eigenvalue weighted by atomic mass is 9.98. The monoisotopic (exact) mass is 355 g/mol. The van der Waals surface area contributed by atoms with E-state index in [0.29, 0.717) is 19.6 Å². The van der Waals surface area contributed by atoms with E-state index in [9.17, 15) is 9.59 Å². The number of hydrogen-bond donors (Lipinski definition) is 1. The van der Waals surface area contributed by atoms with Crippen molar-refractivity contribution in [3.05, 3.63) is 0 Å². The number of carbonyl (C=O) groups is 2. The molecule has 2 aliphatic rings. The molecule has 0 aromatic rings. The first-order valence-electron chi connectivity index (χ1n) is 9.33. The van der Waals surface area contributed by atoms with Crippen molar-refractivity contribution in [2.24, 2.45) is 5.92 Å². The fraction of sp³-hybridized carbons (Fsp3) is 0.889. The summed E-state index contributed by atoms with van der Waals surface area (Å²) in [7, 11) is 1.75. The van der Waals surface area contributed by atoms with Crippen molar-refractivity contribution in [3.63, 3.8) is 0 Å². The highest BCUT2D eigenvalue weighted by Gasteiger charge is 2.28. The third-order valence-corrected chi connectivity index (χ3v) is 4.55. The molecule has 2 aliphatic heterocycles. The van der Waals surface area contributed by atoms with Crippen molar-refractivity contribution in [1.82, 2.24) is 15.1 Å². The molecule has 0 aromatic heterocycles. The average molecular weight is 355 g/mol. The summed E-state index contributed by atoms with van der Waals surface area (Å²) in [6.45, 7) is 9.00. The molecule has 1 N–H and O–H groups in total. The van der Waals surface area contributed by atoms with Gasteiger partial charge in [-0.25, -0.2) is 9.59 Å². The van der Waals surface area contributed by atoms with E-state index in [0.717, 1.165) is 38.8 Å². The fourth-order valence-corrected chi connectivity index (χ4v) is 3.32. The smallest absolute Gasteiger partial charge is 0.410 e. The van der Waals surface area contributed by atoms with Gasteiger partial charge in [0.2, 0.25) is 0 Å². The van der Waals surface area contributed by atoms with E-state index in [1.165, 1.54) is 0 Å². The summed E-state index contributed by atoms with van der Waals surface area (Å²) in [4.78, 5) is 27.9. The second-order valence-electron chi connectivity index (χ2n) is 8.14. The molecular formula is C18H33N3O4. The van der Waals surface area contributed by atoms with Crippen LogP contribution >= 0.6 is 0 Å². The topological polar surface area (TPSA) is 71.1 Å². The highest BCUT2D eigenvalue weighted by atomic mass is 16.6. The Balaban J connectivity index is 1.75. The van der Waals surface area contributed by atoms with Crippen LogP contribution in [0, 0.1) is 5.92 Å². The first-order valence-corrected chi connectivity index (χ1v) is 9.33. The van der Waals surface area contributed by atoms with Crippen molar-refractivity contribution < 1.29 is 19.1 Å². The predicted molar refractivity (Wildman–Crippen MR) is 95.5 cm³/mol. The number of ether oxygens (including phenoxy) is 2. The normalized spacial score (nSPS) is 24.1. The van der Waals surface area contributed by atoms with E-state index in [1.54, 1.807) is 11.9 Å². The second kappa shape index (κ2) is 8.74. The van der Waals surface area contributed by atoms with Crippen LogP contribution in [0.25, 0.3) is 0 Å². The molecule has 7 heteroatoms. The lowest BCUT2D eigenvalue weighted by molar-refractivity contribution is 0.0252. The minimum Gasteiger partial charge on any atom is -0.444 e. The molecule has 0 aliphatic carbocycles. The Kier molecular flexibility index (Phi) is 6.93. The van der Waals surface area contributed by atoms with E-state index in [4.69, 9.17) is 9.47 Å². The number of urea groups is 1. The van der Waals surface area contributed by atoms with Crippen molar-refractivity contribution in [2.45, 2.75) is 58.2 Å². The van der Waals surface area contributed by atoms with Crippen LogP contribution in [-0.4, -0.2) is 73.5 Å². The van der Waals surface area contributed by atoms with Crippen LogP contribution < -0.4 is 5.32 Å². The zero-order valence-corrected chi connectivity index (χ0v) is 16.0. The van der Waals surface area contributed by atoms with Crippen LogP contribution in [-0.2, 0) is 9.47 Å². The number of likely N-dealkylation sites (tertiary alicyclic amines) is 1. The molecule has 7 nitrogen and oxygen atoms in total. The van der Waals surface area contributed by atoms with Gasteiger partial charge in [0.1, 0.15) is 5.60 Å². The maximum atomic E-state index is 12.4. The summed E-state index contributed by atoms with van der Waals surface area (Å²) in [6.07, 6.45) is 3.91. The molecular weight excluding hydrogens is 322 g/mol. The predicted octanol–water partition coefficient (Wildman–Crippen LogP) is 2.45. The van der Waals surface area contributed by atoms with Gasteiger partial charge in [-0.1, -0.05) is 0 Å². The third-order valence-electron chi connectivity index (χ3n) is 4.55. The molecule has 0 aromatic carbocycles. The van der Waals surface area contributed by atoms with E-state index in [-0.39, 0.29) is 24.1 Å². The average Bonchev–Trinajstić information content (AvgIpc) is 3.04. The van der Waals surface area contributed by atoms with Gasteiger partial charge < -0.3 is 24.6 Å². The van der Waals surface area contributed by atoms with Gasteiger partial charge in [-0.3, -0.25) is 0 Å². The molecule has 0 radical (unpaired) electrons. The number of carbonyl (C=O) groups excluding carboxylic acids is 2. The lowest BCUT2D eigenvalue weighted by Gasteiger charge is -2.35. The van der Waals surface area contributed by atoms with Crippen molar-refractivity contribution in [3.8, 4) is 0 Å². The molecule has 144 valence electrons. The molecule has 2 atom stereocenters. The molecule has 2 heterocycles. The van der Waals surface area contributed by atoms with E-state index in [2.05, 4.69) is 5.32 Å². The van der Waals surface area contributed by atoms with Gasteiger partial charge in [-0.05, 0) is 52.4 Å². The Morgan fingerprint density at radius 2 is 2.04 bits per heavy atom. The van der Waals surface area contributed by atoms with Crippen LogP contribution in [0.2, 0.25) is 0 Å². The maximum absolute atomic E-state index is 12.4. The van der Waals surface area contributed by atoms with Crippen LogP contribution in [0.5, 0.6) is 0 Å². The molecule has 0 spiro atoms. The number of piperidine rings is 1. The van der Waals surface area contributed by atoms with Gasteiger partial charge in [0.15, 0.2) is 0 Å². The zero-order valence-electron chi connectivity index (χ0n) is 16.0. The van der Waals surface area contributed by atoms with Crippen LogP contribution in [0.3, 0.4) is 0 Å². The minimum atomic E-state index is -0.494. The Hall–Kier alpha value is -1.50. The second-order valence-corrected chi connectivity index (χ2v) is 8.14. The quantitative estimate of drug-likeness (QED) is 0.841.